The van der Waals surface area contributed by atoms with Crippen molar-refractivity contribution in [3.05, 3.63) is 35.4 Å². The molecule has 1 saturated heterocycles. The van der Waals surface area contributed by atoms with Gasteiger partial charge in [0.2, 0.25) is 0 Å². The maximum absolute atomic E-state index is 10.1. The molecule has 0 aliphatic carbocycles. The molecule has 1 aliphatic heterocycles. The Labute approximate surface area is 199 Å². The zero-order valence-corrected chi connectivity index (χ0v) is 21.4. The van der Waals surface area contributed by atoms with Crippen LogP contribution in [0.2, 0.25) is 0 Å². The molecule has 0 aromatic heterocycles. The minimum atomic E-state index is -0.569. The van der Waals surface area contributed by atoms with E-state index in [1.165, 1.54) is 11.1 Å². The van der Waals surface area contributed by atoms with E-state index in [1.54, 1.807) is 0 Å². The molecule has 6 nitrogen and oxygen atoms in total. The van der Waals surface area contributed by atoms with Crippen molar-refractivity contribution in [2.24, 2.45) is 10.9 Å². The molecular formula is C23H41IN4O2. The number of likely N-dealkylation sites (tertiary alicyclic amines) is 1. The van der Waals surface area contributed by atoms with Crippen molar-refractivity contribution in [2.45, 2.75) is 59.2 Å². The lowest BCUT2D eigenvalue weighted by molar-refractivity contribution is 0.0301. The third-order valence-corrected chi connectivity index (χ3v) is 5.15. The van der Waals surface area contributed by atoms with Crippen molar-refractivity contribution >= 4 is 29.9 Å². The van der Waals surface area contributed by atoms with E-state index < -0.39 is 6.10 Å². The monoisotopic (exact) mass is 532 g/mol. The average molecular weight is 533 g/mol. The number of nitrogens with one attached hydrogen (secondary N) is 2. The highest BCUT2D eigenvalue weighted by atomic mass is 127. The normalized spacial score (nSPS) is 16.9. The average Bonchev–Trinajstić information content (AvgIpc) is 2.69. The molecular weight excluding hydrogens is 491 g/mol. The molecule has 0 radical (unpaired) electrons. The van der Waals surface area contributed by atoms with E-state index in [4.69, 9.17) is 4.74 Å². The second-order valence-electron chi connectivity index (χ2n) is 8.43. The predicted octanol–water partition coefficient (Wildman–Crippen LogP) is 3.17. The van der Waals surface area contributed by atoms with Crippen LogP contribution >= 0.6 is 24.0 Å². The van der Waals surface area contributed by atoms with Gasteiger partial charge in [0.05, 0.1) is 19.3 Å². The Morgan fingerprint density at radius 1 is 1.23 bits per heavy atom. The van der Waals surface area contributed by atoms with Gasteiger partial charge in [0, 0.05) is 38.8 Å². The third kappa shape index (κ3) is 10.4. The van der Waals surface area contributed by atoms with Gasteiger partial charge in [-0.3, -0.25) is 9.89 Å². The van der Waals surface area contributed by atoms with Crippen LogP contribution in [-0.2, 0) is 11.3 Å². The summed E-state index contributed by atoms with van der Waals surface area (Å²) in [6, 6.07) is 9.05. The van der Waals surface area contributed by atoms with Crippen LogP contribution in [-0.4, -0.2) is 67.5 Å². The summed E-state index contributed by atoms with van der Waals surface area (Å²) in [7, 11) is 0. The number of guanidine groups is 1. The first kappa shape index (κ1) is 27.1. The Balaban J connectivity index is 0.00000450. The summed E-state index contributed by atoms with van der Waals surface area (Å²) in [6.45, 7) is 13.8. The van der Waals surface area contributed by atoms with Crippen LogP contribution in [0.5, 0.6) is 0 Å². The number of halogens is 1. The van der Waals surface area contributed by atoms with E-state index >= 15 is 0 Å². The predicted molar refractivity (Wildman–Crippen MR) is 136 cm³/mol. The Kier molecular flexibility index (Phi) is 13.6. The van der Waals surface area contributed by atoms with Crippen molar-refractivity contribution in [3.63, 3.8) is 0 Å². The molecule has 7 heteroatoms. The number of hydrogen-bond donors (Lipinski definition) is 3. The van der Waals surface area contributed by atoms with Gasteiger partial charge in [-0.05, 0) is 43.7 Å². The Bertz CT molecular complexity index is 619. The second kappa shape index (κ2) is 15.0. The number of aliphatic hydroxyl groups is 1. The number of aliphatic imine (C=N–C) groups is 1. The van der Waals surface area contributed by atoms with Crippen molar-refractivity contribution in [2.75, 3.05) is 39.4 Å². The van der Waals surface area contributed by atoms with Gasteiger partial charge in [-0.2, -0.15) is 0 Å². The molecule has 30 heavy (non-hydrogen) atoms. The summed E-state index contributed by atoms with van der Waals surface area (Å²) in [4.78, 5) is 7.08. The van der Waals surface area contributed by atoms with E-state index in [1.807, 2.05) is 0 Å². The Morgan fingerprint density at radius 2 is 1.93 bits per heavy atom. The highest BCUT2D eigenvalue weighted by Gasteiger charge is 2.20. The lowest BCUT2D eigenvalue weighted by Crippen LogP contribution is -2.48. The molecule has 172 valence electrons. The summed E-state index contributed by atoms with van der Waals surface area (Å²) < 4.78 is 5.50. The van der Waals surface area contributed by atoms with E-state index in [9.17, 15) is 5.11 Å². The maximum Gasteiger partial charge on any atom is 0.191 e. The molecule has 0 saturated carbocycles. The molecule has 1 heterocycles. The summed E-state index contributed by atoms with van der Waals surface area (Å²) >= 11 is 0. The van der Waals surface area contributed by atoms with Gasteiger partial charge in [0.1, 0.15) is 0 Å². The number of rotatable bonds is 10. The summed E-state index contributed by atoms with van der Waals surface area (Å²) in [5.41, 5.74) is 2.78. The van der Waals surface area contributed by atoms with Crippen LogP contribution < -0.4 is 10.6 Å². The molecule has 1 unspecified atom stereocenters. The van der Waals surface area contributed by atoms with E-state index in [-0.39, 0.29) is 24.0 Å². The molecule has 1 fully saturated rings. The molecule has 2 rings (SSSR count). The van der Waals surface area contributed by atoms with E-state index in [2.05, 4.69) is 72.5 Å². The topological polar surface area (TPSA) is 69.1 Å². The number of benzene rings is 1. The first-order valence-corrected chi connectivity index (χ1v) is 11.1. The molecule has 0 spiro atoms. The largest absolute Gasteiger partial charge is 0.389 e. The van der Waals surface area contributed by atoms with Crippen LogP contribution in [0.3, 0.4) is 0 Å². The zero-order valence-electron chi connectivity index (χ0n) is 19.1. The van der Waals surface area contributed by atoms with Crippen LogP contribution in [0.25, 0.3) is 0 Å². The molecule has 1 aromatic carbocycles. The minimum absolute atomic E-state index is 0. The van der Waals surface area contributed by atoms with Gasteiger partial charge in [-0.15, -0.1) is 24.0 Å². The van der Waals surface area contributed by atoms with Gasteiger partial charge in [-0.1, -0.05) is 38.1 Å². The molecule has 1 atom stereocenters. The fourth-order valence-corrected chi connectivity index (χ4v) is 3.47. The fraction of sp³-hybridized carbons (Fsp3) is 0.696. The smallest absolute Gasteiger partial charge is 0.191 e. The summed E-state index contributed by atoms with van der Waals surface area (Å²) in [5.74, 6) is 1.26. The lowest BCUT2D eigenvalue weighted by Gasteiger charge is -2.33. The van der Waals surface area contributed by atoms with Crippen LogP contribution in [0.1, 0.15) is 44.7 Å². The van der Waals surface area contributed by atoms with E-state index in [0.29, 0.717) is 31.7 Å². The molecule has 0 amide bonds. The quantitative estimate of drug-likeness (QED) is 0.246. The summed E-state index contributed by atoms with van der Waals surface area (Å²) in [6.07, 6.45) is 1.62. The highest BCUT2D eigenvalue weighted by molar-refractivity contribution is 14.0. The van der Waals surface area contributed by atoms with E-state index in [0.717, 1.165) is 45.0 Å². The van der Waals surface area contributed by atoms with Crippen molar-refractivity contribution in [1.29, 1.82) is 0 Å². The Hall–Kier alpha value is -0.900. The number of hydrogen-bond acceptors (Lipinski definition) is 4. The first-order chi connectivity index (χ1) is 14.0. The fourth-order valence-electron chi connectivity index (χ4n) is 3.47. The zero-order chi connectivity index (χ0) is 21.1. The third-order valence-electron chi connectivity index (χ3n) is 5.15. The molecule has 1 aromatic rings. The lowest BCUT2D eigenvalue weighted by atomic mass is 10.0. The molecule has 3 N–H and O–H groups in total. The van der Waals surface area contributed by atoms with Gasteiger partial charge in [0.25, 0.3) is 0 Å². The molecule has 0 bridgehead atoms. The van der Waals surface area contributed by atoms with Gasteiger partial charge < -0.3 is 20.5 Å². The number of ether oxygens (including phenoxy) is 1. The first-order valence-electron chi connectivity index (χ1n) is 11.1. The molecule has 1 aliphatic rings. The summed E-state index contributed by atoms with van der Waals surface area (Å²) in [5, 5.41) is 16.9. The Morgan fingerprint density at radius 3 is 2.57 bits per heavy atom. The SMILES string of the molecule is CCNC(=NCC(O)COCC(C)C)NC1CCN(Cc2ccccc2C)CC1.I. The van der Waals surface area contributed by atoms with Gasteiger partial charge >= 0.3 is 0 Å². The minimum Gasteiger partial charge on any atom is -0.389 e. The highest BCUT2D eigenvalue weighted by Crippen LogP contribution is 2.16. The number of aryl methyl sites for hydroxylation is 1. The number of aliphatic hydroxyl groups excluding tert-OH is 1. The van der Waals surface area contributed by atoms with Gasteiger partial charge in [-0.25, -0.2) is 0 Å². The maximum atomic E-state index is 10.1. The van der Waals surface area contributed by atoms with Crippen LogP contribution in [0.15, 0.2) is 29.3 Å². The van der Waals surface area contributed by atoms with Crippen LogP contribution in [0, 0.1) is 12.8 Å². The standard InChI is InChI=1S/C23H40N4O2.HI/c1-5-24-23(25-14-22(28)17-29-16-18(2)3)26-21-10-12-27(13-11-21)15-20-9-7-6-8-19(20)4;/h6-9,18,21-22,28H,5,10-17H2,1-4H3,(H2,24,25,26);1H. The van der Waals surface area contributed by atoms with Crippen LogP contribution in [0.4, 0.5) is 0 Å². The van der Waals surface area contributed by atoms with Crippen molar-refractivity contribution in [3.8, 4) is 0 Å². The van der Waals surface area contributed by atoms with Gasteiger partial charge in [0.15, 0.2) is 5.96 Å². The number of nitrogens with zero attached hydrogens (tertiary/aromatic N) is 2. The second-order valence-corrected chi connectivity index (χ2v) is 8.43. The van der Waals surface area contributed by atoms with Crippen molar-refractivity contribution in [1.82, 2.24) is 15.5 Å². The number of piperidine rings is 1. The van der Waals surface area contributed by atoms with Crippen molar-refractivity contribution < 1.29 is 9.84 Å².